The number of carbonyl (C=O) groups is 1. The molecule has 0 aromatic heterocycles. The number of nitrogens with two attached hydrogens (primary N) is 1. The van der Waals surface area contributed by atoms with Crippen molar-refractivity contribution in [3.05, 3.63) is 0 Å². The summed E-state index contributed by atoms with van der Waals surface area (Å²) in [5.74, 6) is 0.703. The van der Waals surface area contributed by atoms with Crippen LogP contribution in [0, 0.1) is 5.92 Å². The fourth-order valence-corrected chi connectivity index (χ4v) is 3.65. The van der Waals surface area contributed by atoms with Gasteiger partial charge in [-0.1, -0.05) is 19.3 Å². The lowest BCUT2D eigenvalue weighted by Gasteiger charge is -2.43. The molecular weight excluding hydrogens is 238 g/mol. The van der Waals surface area contributed by atoms with E-state index < -0.39 is 0 Å². The zero-order valence-electron chi connectivity index (χ0n) is 12.3. The van der Waals surface area contributed by atoms with Gasteiger partial charge in [-0.05, 0) is 45.4 Å². The summed E-state index contributed by atoms with van der Waals surface area (Å²) in [7, 11) is 0. The highest BCUT2D eigenvalue weighted by Crippen LogP contribution is 2.41. The van der Waals surface area contributed by atoms with Crippen LogP contribution < -0.4 is 5.73 Å². The minimum Gasteiger partial charge on any atom is -0.375 e. The summed E-state index contributed by atoms with van der Waals surface area (Å²) in [4.78, 5) is 12.3. The van der Waals surface area contributed by atoms with E-state index in [0.717, 1.165) is 45.1 Å². The summed E-state index contributed by atoms with van der Waals surface area (Å²) in [6.45, 7) is 2.79. The first-order chi connectivity index (χ1) is 9.11. The van der Waals surface area contributed by atoms with Gasteiger partial charge in [0.25, 0.3) is 0 Å². The van der Waals surface area contributed by atoms with Gasteiger partial charge in [0.05, 0.1) is 5.60 Å². The van der Waals surface area contributed by atoms with E-state index in [1.54, 1.807) is 0 Å². The topological polar surface area (TPSA) is 52.3 Å². The van der Waals surface area contributed by atoms with Crippen LogP contribution in [0.5, 0.6) is 0 Å². The largest absolute Gasteiger partial charge is 0.375 e. The first-order valence-corrected chi connectivity index (χ1v) is 8.04. The van der Waals surface area contributed by atoms with Crippen molar-refractivity contribution in [1.29, 1.82) is 0 Å². The van der Waals surface area contributed by atoms with Crippen molar-refractivity contribution >= 4 is 5.78 Å². The molecule has 110 valence electrons. The average Bonchev–Trinajstić information content (AvgIpc) is 2.39. The molecular formula is C16H29NO2. The van der Waals surface area contributed by atoms with Crippen LogP contribution in [-0.4, -0.2) is 24.0 Å². The minimum absolute atomic E-state index is 0.0536. The van der Waals surface area contributed by atoms with Gasteiger partial charge in [-0.2, -0.15) is 0 Å². The number of Topliss-reactive ketones (excluding diaryl/α,β-unsaturated/α-hetero) is 1. The molecule has 2 unspecified atom stereocenters. The van der Waals surface area contributed by atoms with Crippen LogP contribution in [0.4, 0.5) is 0 Å². The number of hydrogen-bond acceptors (Lipinski definition) is 3. The van der Waals surface area contributed by atoms with Crippen LogP contribution in [0.25, 0.3) is 0 Å². The van der Waals surface area contributed by atoms with E-state index in [1.807, 2.05) is 6.92 Å². The molecule has 0 bridgehead atoms. The van der Waals surface area contributed by atoms with E-state index in [0.29, 0.717) is 12.2 Å². The Labute approximate surface area is 117 Å². The van der Waals surface area contributed by atoms with Crippen LogP contribution in [-0.2, 0) is 9.53 Å². The summed E-state index contributed by atoms with van der Waals surface area (Å²) in [6, 6.07) is 0.215. The molecule has 3 nitrogen and oxygen atoms in total. The molecule has 0 radical (unpaired) electrons. The fourth-order valence-electron chi connectivity index (χ4n) is 3.65. The van der Waals surface area contributed by atoms with E-state index in [9.17, 15) is 4.79 Å². The molecule has 2 rings (SSSR count). The second-order valence-corrected chi connectivity index (χ2v) is 6.62. The number of ketones is 1. The molecule has 2 atom stereocenters. The predicted octanol–water partition coefficient (Wildman–Crippen LogP) is 3.20. The third-order valence-corrected chi connectivity index (χ3v) is 4.80. The van der Waals surface area contributed by atoms with Crippen LogP contribution in [0.15, 0.2) is 0 Å². The van der Waals surface area contributed by atoms with E-state index in [2.05, 4.69) is 0 Å². The molecule has 1 heterocycles. The maximum absolute atomic E-state index is 12.3. The zero-order valence-corrected chi connectivity index (χ0v) is 12.3. The highest BCUT2D eigenvalue weighted by atomic mass is 16.5. The van der Waals surface area contributed by atoms with Crippen molar-refractivity contribution in [3.63, 3.8) is 0 Å². The Morgan fingerprint density at radius 3 is 2.79 bits per heavy atom. The Bertz CT molecular complexity index is 290. The lowest BCUT2D eigenvalue weighted by atomic mass is 9.74. The summed E-state index contributed by atoms with van der Waals surface area (Å²) >= 11 is 0. The third kappa shape index (κ3) is 4.28. The predicted molar refractivity (Wildman–Crippen MR) is 77.0 cm³/mol. The van der Waals surface area contributed by atoms with Crippen molar-refractivity contribution in [3.8, 4) is 0 Å². The maximum atomic E-state index is 12.3. The second kappa shape index (κ2) is 6.85. The van der Waals surface area contributed by atoms with Crippen molar-refractivity contribution in [2.45, 2.75) is 82.8 Å². The molecule has 1 aliphatic carbocycles. The van der Waals surface area contributed by atoms with Gasteiger partial charge >= 0.3 is 0 Å². The molecule has 0 aromatic carbocycles. The lowest BCUT2D eigenvalue weighted by molar-refractivity contribution is -0.143. The molecule has 1 saturated carbocycles. The average molecular weight is 267 g/mol. The molecule has 2 N–H and O–H groups in total. The fraction of sp³-hybridized carbons (Fsp3) is 0.938. The van der Waals surface area contributed by atoms with Crippen molar-refractivity contribution in [2.24, 2.45) is 11.7 Å². The molecule has 1 spiro atoms. The van der Waals surface area contributed by atoms with Crippen molar-refractivity contribution < 1.29 is 9.53 Å². The molecule has 1 aliphatic heterocycles. The van der Waals surface area contributed by atoms with Crippen LogP contribution in [0.1, 0.15) is 71.1 Å². The molecule has 19 heavy (non-hydrogen) atoms. The smallest absolute Gasteiger partial charge is 0.136 e. The van der Waals surface area contributed by atoms with Crippen LogP contribution >= 0.6 is 0 Å². The summed E-state index contributed by atoms with van der Waals surface area (Å²) in [5.41, 5.74) is 5.79. The SMILES string of the molecule is CC(N)CCCC(=O)C1CCOC2(CCCCC2)C1. The number of carbonyl (C=O) groups excluding carboxylic acids is 1. The third-order valence-electron chi connectivity index (χ3n) is 4.80. The van der Waals surface area contributed by atoms with Gasteiger partial charge in [-0.25, -0.2) is 0 Å². The number of ether oxygens (including phenoxy) is 1. The Balaban J connectivity index is 1.81. The molecule has 0 aromatic rings. The highest BCUT2D eigenvalue weighted by Gasteiger charge is 2.40. The van der Waals surface area contributed by atoms with Crippen LogP contribution in [0.3, 0.4) is 0 Å². The normalized spacial score (nSPS) is 28.2. The summed E-state index contributed by atoms with van der Waals surface area (Å²) in [5, 5.41) is 0. The van der Waals surface area contributed by atoms with Gasteiger partial charge in [-0.15, -0.1) is 0 Å². The Morgan fingerprint density at radius 1 is 1.37 bits per heavy atom. The first kappa shape index (κ1) is 15.0. The molecule has 2 aliphatic rings. The van der Waals surface area contributed by atoms with Gasteiger partial charge in [0.1, 0.15) is 5.78 Å². The molecule has 0 amide bonds. The number of hydrogen-bond donors (Lipinski definition) is 1. The van der Waals surface area contributed by atoms with Crippen molar-refractivity contribution in [1.82, 2.24) is 0 Å². The van der Waals surface area contributed by atoms with Gasteiger partial charge in [0.15, 0.2) is 0 Å². The lowest BCUT2D eigenvalue weighted by Crippen LogP contribution is -2.43. The summed E-state index contributed by atoms with van der Waals surface area (Å²) in [6.07, 6.45) is 10.7. The maximum Gasteiger partial charge on any atom is 0.136 e. The Hall–Kier alpha value is -0.410. The Kier molecular flexibility index (Phi) is 5.40. The quantitative estimate of drug-likeness (QED) is 0.832. The zero-order chi connectivity index (χ0) is 13.7. The molecule has 1 saturated heterocycles. The monoisotopic (exact) mass is 267 g/mol. The molecule has 3 heteroatoms. The van der Waals surface area contributed by atoms with Gasteiger partial charge < -0.3 is 10.5 Å². The van der Waals surface area contributed by atoms with Gasteiger partial charge in [0, 0.05) is 25.0 Å². The minimum atomic E-state index is 0.0536. The van der Waals surface area contributed by atoms with Gasteiger partial charge in [0.2, 0.25) is 0 Å². The van der Waals surface area contributed by atoms with Crippen LogP contribution in [0.2, 0.25) is 0 Å². The molecule has 2 fully saturated rings. The first-order valence-electron chi connectivity index (χ1n) is 8.04. The van der Waals surface area contributed by atoms with E-state index >= 15 is 0 Å². The van der Waals surface area contributed by atoms with Crippen molar-refractivity contribution in [2.75, 3.05) is 6.61 Å². The standard InChI is InChI=1S/C16H29NO2/c1-13(17)6-5-7-15(18)14-8-11-19-16(12-14)9-3-2-4-10-16/h13-14H,2-12,17H2,1H3. The van der Waals surface area contributed by atoms with E-state index in [1.165, 1.54) is 19.3 Å². The highest BCUT2D eigenvalue weighted by molar-refractivity contribution is 5.81. The second-order valence-electron chi connectivity index (χ2n) is 6.62. The number of rotatable bonds is 5. The van der Waals surface area contributed by atoms with E-state index in [-0.39, 0.29) is 17.6 Å². The van der Waals surface area contributed by atoms with E-state index in [4.69, 9.17) is 10.5 Å². The summed E-state index contributed by atoms with van der Waals surface area (Å²) < 4.78 is 6.06. The Morgan fingerprint density at radius 2 is 2.11 bits per heavy atom. The van der Waals surface area contributed by atoms with Gasteiger partial charge in [-0.3, -0.25) is 4.79 Å².